The highest BCUT2D eigenvalue weighted by molar-refractivity contribution is 7.92. The summed E-state index contributed by atoms with van der Waals surface area (Å²) in [5, 5.41) is 23.6. The maximum Gasteiger partial charge on any atom is 0.234 e. The number of H-pyrrole nitrogens is 1. The lowest BCUT2D eigenvalue weighted by molar-refractivity contribution is -0.122. The molecule has 1 aromatic heterocycles. The third kappa shape index (κ3) is 7.31. The van der Waals surface area contributed by atoms with Crippen LogP contribution < -0.4 is 10.0 Å². The zero-order valence-corrected chi connectivity index (χ0v) is 21.6. The number of hydrogen-bond donors (Lipinski definition) is 5. The average molecular weight is 526 g/mol. The van der Waals surface area contributed by atoms with Crippen molar-refractivity contribution in [2.24, 2.45) is 5.92 Å². The van der Waals surface area contributed by atoms with Crippen molar-refractivity contribution >= 4 is 27.8 Å². The van der Waals surface area contributed by atoms with Gasteiger partial charge < -0.3 is 15.5 Å². The van der Waals surface area contributed by atoms with Crippen LogP contribution in [-0.4, -0.2) is 41.3 Å². The smallest absolute Gasteiger partial charge is 0.234 e. The Kier molecular flexibility index (Phi) is 8.90. The Hall–Kier alpha value is -3.89. The van der Waals surface area contributed by atoms with Gasteiger partial charge in [-0.25, -0.2) is 13.1 Å². The highest BCUT2D eigenvalue weighted by atomic mass is 32.2. The molecule has 2 aromatic carbocycles. The fourth-order valence-corrected chi connectivity index (χ4v) is 4.89. The van der Waals surface area contributed by atoms with Gasteiger partial charge >= 0.3 is 0 Å². The van der Waals surface area contributed by atoms with Gasteiger partial charge in [-0.05, 0) is 30.0 Å². The lowest BCUT2D eigenvalue weighted by Gasteiger charge is -2.23. The van der Waals surface area contributed by atoms with Crippen LogP contribution in [0, 0.1) is 12.8 Å². The first-order valence-corrected chi connectivity index (χ1v) is 13.3. The molecule has 0 spiro atoms. The van der Waals surface area contributed by atoms with Gasteiger partial charge in [0.1, 0.15) is 0 Å². The van der Waals surface area contributed by atoms with E-state index in [2.05, 4.69) is 15.0 Å². The van der Waals surface area contributed by atoms with Crippen molar-refractivity contribution in [1.29, 1.82) is 0 Å². The summed E-state index contributed by atoms with van der Waals surface area (Å²) in [6.07, 6.45) is 1.18. The molecule has 5 N–H and O–H groups in total. The second-order valence-corrected chi connectivity index (χ2v) is 10.6. The molecule has 0 fully saturated rings. The molecule has 1 heterocycles. The van der Waals surface area contributed by atoms with E-state index in [1.165, 1.54) is 13.0 Å². The summed E-state index contributed by atoms with van der Waals surface area (Å²) in [6.45, 7) is 4.93. The van der Waals surface area contributed by atoms with E-state index in [1.807, 2.05) is 6.07 Å². The standard InChI is InChI=1S/C27H31N3O6S/c1-17(2)24(25(32)23-18(3)26(33)29-27(23)34)28-22(31)16-21(20-12-8-5-9-13-20)30-37(35,36)15-14-19-10-6-4-7-11-19/h4-15,17,21,24,29-30,33-34H,16H2,1-3H3,(H,28,31)/t21-,24-/m0/s1. The molecule has 0 aliphatic rings. The average Bonchev–Trinajstić information content (AvgIpc) is 3.12. The molecule has 0 saturated heterocycles. The minimum atomic E-state index is -3.93. The van der Waals surface area contributed by atoms with Crippen LogP contribution in [0.3, 0.4) is 0 Å². The van der Waals surface area contributed by atoms with Crippen molar-refractivity contribution in [1.82, 2.24) is 15.0 Å². The molecule has 196 valence electrons. The van der Waals surface area contributed by atoms with E-state index in [0.29, 0.717) is 11.1 Å². The molecule has 2 atom stereocenters. The van der Waals surface area contributed by atoms with Crippen molar-refractivity contribution in [3.63, 3.8) is 0 Å². The number of aromatic nitrogens is 1. The molecule has 37 heavy (non-hydrogen) atoms. The molecule has 0 saturated carbocycles. The zero-order valence-electron chi connectivity index (χ0n) is 20.8. The SMILES string of the molecule is Cc1c(O)[nH]c(O)c1C(=O)[C@@H](NC(=O)C[C@H](NS(=O)(=O)C=Cc1ccccc1)c1ccccc1)C(C)C. The largest absolute Gasteiger partial charge is 0.494 e. The van der Waals surface area contributed by atoms with Gasteiger partial charge in [-0.3, -0.25) is 14.6 Å². The number of ketones is 1. The molecule has 3 aromatic rings. The summed E-state index contributed by atoms with van der Waals surface area (Å²) in [6, 6.07) is 15.7. The first kappa shape index (κ1) is 27.7. The second kappa shape index (κ2) is 11.9. The van der Waals surface area contributed by atoms with Gasteiger partial charge in [-0.15, -0.1) is 0 Å². The number of nitrogens with one attached hydrogen (secondary N) is 3. The summed E-state index contributed by atoms with van der Waals surface area (Å²) in [4.78, 5) is 28.5. The maximum absolute atomic E-state index is 13.2. The molecular formula is C27H31N3O6S. The van der Waals surface area contributed by atoms with Gasteiger partial charge in [-0.1, -0.05) is 74.5 Å². The van der Waals surface area contributed by atoms with Crippen LogP contribution in [0.5, 0.6) is 11.8 Å². The van der Waals surface area contributed by atoms with Gasteiger partial charge in [0, 0.05) is 17.4 Å². The lowest BCUT2D eigenvalue weighted by atomic mass is 9.93. The topological polar surface area (TPSA) is 149 Å². The third-order valence-electron chi connectivity index (χ3n) is 5.85. The van der Waals surface area contributed by atoms with E-state index < -0.39 is 39.7 Å². The molecule has 3 rings (SSSR count). The van der Waals surface area contributed by atoms with Gasteiger partial charge in [0.05, 0.1) is 17.6 Å². The van der Waals surface area contributed by atoms with Crippen LogP contribution in [-0.2, 0) is 14.8 Å². The Bertz CT molecular complexity index is 1370. The number of sulfonamides is 1. The number of aromatic hydroxyl groups is 2. The Morgan fingerprint density at radius 3 is 2.11 bits per heavy atom. The second-order valence-electron chi connectivity index (χ2n) is 9.02. The first-order valence-electron chi connectivity index (χ1n) is 11.7. The molecule has 1 amide bonds. The van der Waals surface area contributed by atoms with E-state index in [9.17, 15) is 28.2 Å². The van der Waals surface area contributed by atoms with Crippen molar-refractivity contribution in [3.8, 4) is 11.8 Å². The minimum absolute atomic E-state index is 0.108. The van der Waals surface area contributed by atoms with Crippen molar-refractivity contribution in [2.75, 3.05) is 0 Å². The van der Waals surface area contributed by atoms with Crippen LogP contribution in [0.1, 0.15) is 53.4 Å². The molecule has 0 bridgehead atoms. The van der Waals surface area contributed by atoms with Crippen LogP contribution in [0.15, 0.2) is 66.1 Å². The quantitative estimate of drug-likeness (QED) is 0.241. The highest BCUT2D eigenvalue weighted by Gasteiger charge is 2.31. The van der Waals surface area contributed by atoms with Crippen molar-refractivity contribution < 1.29 is 28.2 Å². The van der Waals surface area contributed by atoms with Gasteiger partial charge in [-0.2, -0.15) is 0 Å². The van der Waals surface area contributed by atoms with E-state index in [1.54, 1.807) is 68.4 Å². The summed E-state index contributed by atoms with van der Waals surface area (Å²) in [7, 11) is -3.93. The number of aromatic amines is 1. The monoisotopic (exact) mass is 525 g/mol. The van der Waals surface area contributed by atoms with Gasteiger partial charge in [0.25, 0.3) is 0 Å². The molecule has 0 aliphatic carbocycles. The fourth-order valence-electron chi connectivity index (χ4n) is 3.86. The van der Waals surface area contributed by atoms with Crippen molar-refractivity contribution in [2.45, 2.75) is 39.3 Å². The number of hydrogen-bond acceptors (Lipinski definition) is 6. The molecule has 0 unspecified atom stereocenters. The summed E-state index contributed by atoms with van der Waals surface area (Å²) in [5.41, 5.74) is 1.34. The fraction of sp³-hybridized carbons (Fsp3) is 0.259. The maximum atomic E-state index is 13.2. The molecule has 0 radical (unpaired) electrons. The number of rotatable bonds is 11. The van der Waals surface area contributed by atoms with Crippen LogP contribution >= 0.6 is 0 Å². The van der Waals surface area contributed by atoms with Crippen LogP contribution in [0.2, 0.25) is 0 Å². The molecular weight excluding hydrogens is 494 g/mol. The Morgan fingerprint density at radius 2 is 1.57 bits per heavy atom. The first-order chi connectivity index (χ1) is 17.5. The number of carbonyl (C=O) groups excluding carboxylic acids is 2. The minimum Gasteiger partial charge on any atom is -0.494 e. The van der Waals surface area contributed by atoms with Crippen LogP contribution in [0.25, 0.3) is 6.08 Å². The molecule has 0 aliphatic heterocycles. The Balaban J connectivity index is 1.80. The molecule has 9 nitrogen and oxygen atoms in total. The Labute approximate surface area is 216 Å². The third-order valence-corrected chi connectivity index (χ3v) is 6.96. The van der Waals surface area contributed by atoms with Gasteiger partial charge in [0.2, 0.25) is 21.8 Å². The van der Waals surface area contributed by atoms with E-state index in [4.69, 9.17) is 0 Å². The Morgan fingerprint density at radius 1 is 0.973 bits per heavy atom. The predicted octanol–water partition coefficient (Wildman–Crippen LogP) is 3.78. The van der Waals surface area contributed by atoms with Crippen molar-refractivity contribution in [3.05, 3.63) is 88.3 Å². The summed E-state index contributed by atoms with van der Waals surface area (Å²) in [5.74, 6) is -2.31. The molecule has 10 heteroatoms. The highest BCUT2D eigenvalue weighted by Crippen LogP contribution is 2.30. The predicted molar refractivity (Wildman–Crippen MR) is 141 cm³/mol. The van der Waals surface area contributed by atoms with E-state index >= 15 is 0 Å². The van der Waals surface area contributed by atoms with E-state index in [0.717, 1.165) is 5.41 Å². The number of Topliss-reactive ketones (excluding diaryl/α,β-unsaturated/α-hetero) is 1. The lowest BCUT2D eigenvalue weighted by Crippen LogP contribution is -2.45. The number of amides is 1. The van der Waals surface area contributed by atoms with Gasteiger partial charge in [0.15, 0.2) is 11.7 Å². The van der Waals surface area contributed by atoms with Crippen LogP contribution in [0.4, 0.5) is 0 Å². The summed E-state index contributed by atoms with van der Waals surface area (Å²) >= 11 is 0. The zero-order chi connectivity index (χ0) is 27.2. The van der Waals surface area contributed by atoms with E-state index in [-0.39, 0.29) is 29.3 Å². The normalized spacial score (nSPS) is 13.5. The number of benzene rings is 2. The number of carbonyl (C=O) groups is 2. The summed E-state index contributed by atoms with van der Waals surface area (Å²) < 4.78 is 28.2.